The van der Waals surface area contributed by atoms with E-state index in [1.807, 2.05) is 27.0 Å². The molecule has 4 nitrogen and oxygen atoms in total. The van der Waals surface area contributed by atoms with Gasteiger partial charge in [0.2, 0.25) is 0 Å². The van der Waals surface area contributed by atoms with Gasteiger partial charge in [0, 0.05) is 18.4 Å². The Morgan fingerprint density at radius 3 is 2.36 bits per heavy atom. The zero-order valence-corrected chi connectivity index (χ0v) is 9.95. The molecule has 0 spiro atoms. The van der Waals surface area contributed by atoms with Gasteiger partial charge < -0.3 is 0 Å². The summed E-state index contributed by atoms with van der Waals surface area (Å²) in [5.74, 6) is 0.325. The predicted molar refractivity (Wildman–Crippen MR) is 57.9 cm³/mol. The van der Waals surface area contributed by atoms with Gasteiger partial charge in [-0.15, -0.1) is 0 Å². The number of sulfone groups is 1. The van der Waals surface area contributed by atoms with Crippen molar-refractivity contribution in [2.24, 2.45) is 11.0 Å². The van der Waals surface area contributed by atoms with Crippen LogP contribution in [-0.4, -0.2) is 37.3 Å². The van der Waals surface area contributed by atoms with Gasteiger partial charge in [0.05, 0.1) is 6.04 Å². The van der Waals surface area contributed by atoms with Crippen LogP contribution in [-0.2, 0) is 9.84 Å². The minimum atomic E-state index is -3.04. The van der Waals surface area contributed by atoms with Crippen LogP contribution in [0.1, 0.15) is 27.2 Å². The van der Waals surface area contributed by atoms with Gasteiger partial charge in [0.25, 0.3) is 0 Å². The molecule has 1 aliphatic rings. The summed E-state index contributed by atoms with van der Waals surface area (Å²) in [7, 11) is -3.04. The third-order valence-corrected chi connectivity index (χ3v) is 4.29. The summed E-state index contributed by atoms with van der Waals surface area (Å²) in [6, 6.07) is 0.176. The molecule has 1 rings (SSSR count). The number of hydrogen-bond acceptors (Lipinski definition) is 4. The van der Waals surface area contributed by atoms with Gasteiger partial charge in [-0.25, -0.2) is 8.42 Å². The molecule has 82 valence electrons. The topological polar surface area (TPSA) is 49.7 Å². The van der Waals surface area contributed by atoms with E-state index in [1.165, 1.54) is 6.26 Å². The van der Waals surface area contributed by atoms with E-state index in [1.54, 1.807) is 5.01 Å². The molecule has 5 heteroatoms. The molecule has 0 N–H and O–H groups in total. The fraction of sp³-hybridized carbons (Fsp3) is 0.889. The number of nitrogens with zero attached hydrogens (tertiary/aromatic N) is 2. The molecule has 0 amide bonds. The molecule has 0 aromatic heterocycles. The minimum absolute atomic E-state index is 0.176. The fourth-order valence-electron chi connectivity index (χ4n) is 1.68. The van der Waals surface area contributed by atoms with Crippen LogP contribution in [0.4, 0.5) is 0 Å². The smallest absolute Gasteiger partial charge is 0.169 e. The van der Waals surface area contributed by atoms with E-state index in [0.29, 0.717) is 12.3 Å². The second kappa shape index (κ2) is 3.88. The van der Waals surface area contributed by atoms with Crippen LogP contribution in [0.5, 0.6) is 0 Å². The van der Waals surface area contributed by atoms with E-state index in [-0.39, 0.29) is 6.04 Å². The van der Waals surface area contributed by atoms with Crippen LogP contribution in [0.25, 0.3) is 0 Å². The third-order valence-electron chi connectivity index (χ3n) is 2.75. The van der Waals surface area contributed by atoms with Crippen molar-refractivity contribution in [2.45, 2.75) is 38.6 Å². The number of hydrazone groups is 1. The Kier molecular flexibility index (Phi) is 3.19. The molecule has 3 unspecified atom stereocenters. The molecule has 0 fully saturated rings. The molecule has 14 heavy (non-hydrogen) atoms. The lowest BCUT2D eigenvalue weighted by Crippen LogP contribution is -2.41. The van der Waals surface area contributed by atoms with Crippen molar-refractivity contribution < 1.29 is 8.42 Å². The van der Waals surface area contributed by atoms with Crippen LogP contribution in [0, 0.1) is 5.92 Å². The molecule has 0 saturated carbocycles. The van der Waals surface area contributed by atoms with Crippen LogP contribution < -0.4 is 0 Å². The lowest BCUT2D eigenvalue weighted by Gasteiger charge is -2.29. The summed E-state index contributed by atoms with van der Waals surface area (Å²) in [6.07, 6.45) is 3.66. The normalized spacial score (nSPS) is 29.6. The van der Waals surface area contributed by atoms with Gasteiger partial charge >= 0.3 is 0 Å². The largest absolute Gasteiger partial charge is 0.276 e. The summed E-state index contributed by atoms with van der Waals surface area (Å²) >= 11 is 0. The molecule has 0 aromatic carbocycles. The van der Waals surface area contributed by atoms with Crippen LogP contribution in [0.2, 0.25) is 0 Å². The molecule has 3 atom stereocenters. The first kappa shape index (κ1) is 11.5. The number of hydrogen-bond donors (Lipinski definition) is 0. The Bertz CT molecular complexity index is 324. The SMILES string of the molecule is CCC(N1N=CC(C)C1C)S(C)(=O)=O. The lowest BCUT2D eigenvalue weighted by molar-refractivity contribution is 0.194. The van der Waals surface area contributed by atoms with Crippen molar-refractivity contribution in [1.82, 2.24) is 5.01 Å². The summed E-state index contributed by atoms with van der Waals surface area (Å²) in [5.41, 5.74) is 0. The van der Waals surface area contributed by atoms with Crippen molar-refractivity contribution in [3.8, 4) is 0 Å². The van der Waals surface area contributed by atoms with E-state index >= 15 is 0 Å². The quantitative estimate of drug-likeness (QED) is 0.712. The van der Waals surface area contributed by atoms with Crippen LogP contribution in [0.15, 0.2) is 5.10 Å². The van der Waals surface area contributed by atoms with Gasteiger partial charge in [-0.1, -0.05) is 13.8 Å². The van der Waals surface area contributed by atoms with Gasteiger partial charge in [0.15, 0.2) is 9.84 Å². The van der Waals surface area contributed by atoms with Crippen LogP contribution >= 0.6 is 0 Å². The van der Waals surface area contributed by atoms with Gasteiger partial charge in [-0.2, -0.15) is 5.10 Å². The molecular formula is C9H18N2O2S. The Labute approximate surface area is 85.9 Å². The van der Waals surface area contributed by atoms with Crippen molar-refractivity contribution in [1.29, 1.82) is 0 Å². The Hall–Kier alpha value is -0.580. The van der Waals surface area contributed by atoms with Gasteiger partial charge in [0.1, 0.15) is 5.37 Å². The minimum Gasteiger partial charge on any atom is -0.276 e. The molecule has 0 saturated heterocycles. The average Bonchev–Trinajstić information content (AvgIpc) is 2.35. The maximum absolute atomic E-state index is 11.5. The predicted octanol–water partition coefficient (Wildman–Crippen LogP) is 1.09. The van der Waals surface area contributed by atoms with Crippen molar-refractivity contribution in [2.75, 3.05) is 6.26 Å². The van der Waals surface area contributed by atoms with Crippen molar-refractivity contribution in [3.63, 3.8) is 0 Å². The highest BCUT2D eigenvalue weighted by molar-refractivity contribution is 7.91. The fourth-order valence-corrected chi connectivity index (χ4v) is 2.92. The molecule has 0 bridgehead atoms. The van der Waals surface area contributed by atoms with Crippen LogP contribution in [0.3, 0.4) is 0 Å². The van der Waals surface area contributed by atoms with E-state index < -0.39 is 15.2 Å². The third kappa shape index (κ3) is 2.08. The van der Waals surface area contributed by atoms with E-state index in [2.05, 4.69) is 5.10 Å². The highest BCUT2D eigenvalue weighted by atomic mass is 32.2. The molecular weight excluding hydrogens is 200 g/mol. The van der Waals surface area contributed by atoms with Gasteiger partial charge in [-0.05, 0) is 13.3 Å². The standard InChI is InChI=1S/C9H18N2O2S/c1-5-9(14(4,12)13)11-8(3)7(2)6-10-11/h6-9H,5H2,1-4H3. The molecule has 1 aliphatic heterocycles. The Morgan fingerprint density at radius 2 is 2.07 bits per heavy atom. The second-order valence-electron chi connectivity index (χ2n) is 3.94. The molecule has 1 heterocycles. The lowest BCUT2D eigenvalue weighted by atomic mass is 10.1. The highest BCUT2D eigenvalue weighted by Gasteiger charge is 2.33. The first-order valence-corrected chi connectivity index (χ1v) is 6.84. The summed E-state index contributed by atoms with van der Waals surface area (Å²) in [4.78, 5) is 0. The van der Waals surface area contributed by atoms with E-state index in [9.17, 15) is 8.42 Å². The average molecular weight is 218 g/mol. The monoisotopic (exact) mass is 218 g/mol. The van der Waals surface area contributed by atoms with Crippen molar-refractivity contribution >= 4 is 16.1 Å². The molecule has 0 aromatic rings. The van der Waals surface area contributed by atoms with E-state index in [0.717, 1.165) is 0 Å². The summed E-state index contributed by atoms with van der Waals surface area (Å²) in [6.45, 7) is 5.92. The zero-order chi connectivity index (χ0) is 10.9. The Balaban J connectivity index is 2.88. The second-order valence-corrected chi connectivity index (χ2v) is 6.14. The first-order chi connectivity index (χ1) is 6.38. The summed E-state index contributed by atoms with van der Waals surface area (Å²) < 4.78 is 23.0. The maximum Gasteiger partial charge on any atom is 0.169 e. The summed E-state index contributed by atoms with van der Waals surface area (Å²) in [5, 5.41) is 5.40. The van der Waals surface area contributed by atoms with Gasteiger partial charge in [-0.3, -0.25) is 5.01 Å². The zero-order valence-electron chi connectivity index (χ0n) is 9.14. The van der Waals surface area contributed by atoms with E-state index in [4.69, 9.17) is 0 Å². The molecule has 0 aliphatic carbocycles. The maximum atomic E-state index is 11.5. The molecule has 0 radical (unpaired) electrons. The highest BCUT2D eigenvalue weighted by Crippen LogP contribution is 2.23. The van der Waals surface area contributed by atoms with Crippen molar-refractivity contribution in [3.05, 3.63) is 0 Å². The first-order valence-electron chi connectivity index (χ1n) is 4.89. The number of rotatable bonds is 3. The Morgan fingerprint density at radius 1 is 1.50 bits per heavy atom.